The SMILES string of the molecule is CC(=O)Nc1nc(CN(CCC(=O)O)C(C)(C)C)cs1. The predicted octanol–water partition coefficient (Wildman–Crippen LogP) is 2.18. The number of anilines is 1. The molecule has 20 heavy (non-hydrogen) atoms. The first kappa shape index (κ1) is 16.6. The van der Waals surface area contributed by atoms with Gasteiger partial charge in [0.25, 0.3) is 0 Å². The number of aromatic nitrogens is 1. The van der Waals surface area contributed by atoms with Gasteiger partial charge < -0.3 is 10.4 Å². The maximum atomic E-state index is 11.0. The molecule has 0 aromatic carbocycles. The fourth-order valence-electron chi connectivity index (χ4n) is 1.67. The minimum atomic E-state index is -0.809. The van der Waals surface area contributed by atoms with Gasteiger partial charge in [-0.3, -0.25) is 14.5 Å². The van der Waals surface area contributed by atoms with E-state index in [0.29, 0.717) is 18.2 Å². The summed E-state index contributed by atoms with van der Waals surface area (Å²) in [7, 11) is 0. The standard InChI is InChI=1S/C13H21N3O3S/c1-9(17)14-12-15-10(8-20-12)7-16(13(2,3)4)6-5-11(18)19/h8H,5-7H2,1-4H3,(H,18,19)(H,14,15,17). The number of aliphatic carboxylic acids is 1. The quantitative estimate of drug-likeness (QED) is 0.841. The molecule has 0 atom stereocenters. The van der Waals surface area contributed by atoms with E-state index in [9.17, 15) is 9.59 Å². The van der Waals surface area contributed by atoms with Crippen LogP contribution >= 0.6 is 11.3 Å². The number of carbonyl (C=O) groups excluding carboxylic acids is 1. The molecular formula is C13H21N3O3S. The van der Waals surface area contributed by atoms with Gasteiger partial charge in [0.15, 0.2) is 5.13 Å². The third-order valence-electron chi connectivity index (χ3n) is 2.73. The first-order valence-corrected chi connectivity index (χ1v) is 7.25. The van der Waals surface area contributed by atoms with Gasteiger partial charge in [-0.05, 0) is 20.8 Å². The molecule has 0 saturated carbocycles. The number of nitrogens with one attached hydrogen (secondary N) is 1. The number of thiazole rings is 1. The van der Waals surface area contributed by atoms with Crippen molar-refractivity contribution in [2.24, 2.45) is 0 Å². The van der Waals surface area contributed by atoms with Crippen molar-refractivity contribution in [2.45, 2.75) is 46.2 Å². The monoisotopic (exact) mass is 299 g/mol. The van der Waals surface area contributed by atoms with Crippen molar-refractivity contribution in [3.8, 4) is 0 Å². The lowest BCUT2D eigenvalue weighted by Crippen LogP contribution is -2.42. The zero-order chi connectivity index (χ0) is 15.3. The summed E-state index contributed by atoms with van der Waals surface area (Å²) in [4.78, 5) is 28.1. The van der Waals surface area contributed by atoms with E-state index in [-0.39, 0.29) is 17.9 Å². The van der Waals surface area contributed by atoms with Gasteiger partial charge >= 0.3 is 5.97 Å². The van der Waals surface area contributed by atoms with Crippen LogP contribution in [0.5, 0.6) is 0 Å². The number of hydrogen-bond donors (Lipinski definition) is 2. The molecule has 2 N–H and O–H groups in total. The zero-order valence-electron chi connectivity index (χ0n) is 12.3. The van der Waals surface area contributed by atoms with Gasteiger partial charge in [-0.1, -0.05) is 0 Å². The molecule has 0 aliphatic rings. The molecule has 0 aliphatic heterocycles. The van der Waals surface area contributed by atoms with Crippen LogP contribution in [0.3, 0.4) is 0 Å². The summed E-state index contributed by atoms with van der Waals surface area (Å²) in [5.74, 6) is -0.957. The highest BCUT2D eigenvalue weighted by atomic mass is 32.1. The molecule has 6 nitrogen and oxygen atoms in total. The van der Waals surface area contributed by atoms with Crippen LogP contribution in [0.4, 0.5) is 5.13 Å². The fraction of sp³-hybridized carbons (Fsp3) is 0.615. The summed E-state index contributed by atoms with van der Waals surface area (Å²) in [6, 6.07) is 0. The van der Waals surface area contributed by atoms with Gasteiger partial charge in [0.1, 0.15) is 0 Å². The number of nitrogens with zero attached hydrogens (tertiary/aromatic N) is 2. The summed E-state index contributed by atoms with van der Waals surface area (Å²) < 4.78 is 0. The van der Waals surface area contributed by atoms with Crippen molar-refractivity contribution in [1.82, 2.24) is 9.88 Å². The Morgan fingerprint density at radius 1 is 1.45 bits per heavy atom. The summed E-state index contributed by atoms with van der Waals surface area (Å²) >= 11 is 1.37. The van der Waals surface area contributed by atoms with Crippen LogP contribution in [0, 0.1) is 0 Å². The van der Waals surface area contributed by atoms with Gasteiger partial charge in [-0.15, -0.1) is 11.3 Å². The lowest BCUT2D eigenvalue weighted by atomic mass is 10.1. The smallest absolute Gasteiger partial charge is 0.304 e. The van der Waals surface area contributed by atoms with E-state index < -0.39 is 5.97 Å². The Balaban J connectivity index is 2.71. The molecule has 1 heterocycles. The lowest BCUT2D eigenvalue weighted by Gasteiger charge is -2.34. The minimum Gasteiger partial charge on any atom is -0.481 e. The summed E-state index contributed by atoms with van der Waals surface area (Å²) in [5, 5.41) is 13.9. The largest absolute Gasteiger partial charge is 0.481 e. The molecule has 0 spiro atoms. The van der Waals surface area contributed by atoms with Gasteiger partial charge in [0.2, 0.25) is 5.91 Å². The number of carboxylic acids is 1. The second-order valence-corrected chi connectivity index (χ2v) is 6.42. The maximum absolute atomic E-state index is 11.0. The highest BCUT2D eigenvalue weighted by molar-refractivity contribution is 7.13. The molecule has 0 radical (unpaired) electrons. The molecule has 1 aromatic rings. The van der Waals surface area contributed by atoms with E-state index >= 15 is 0 Å². The maximum Gasteiger partial charge on any atom is 0.304 e. The third kappa shape index (κ3) is 5.66. The topological polar surface area (TPSA) is 82.5 Å². The van der Waals surface area contributed by atoms with Crippen molar-refractivity contribution < 1.29 is 14.7 Å². The molecule has 0 fully saturated rings. The van der Waals surface area contributed by atoms with Crippen LogP contribution < -0.4 is 5.32 Å². The van der Waals surface area contributed by atoms with Gasteiger partial charge in [-0.25, -0.2) is 4.98 Å². The Labute approximate surface area is 122 Å². The van der Waals surface area contributed by atoms with Crippen molar-refractivity contribution in [2.75, 3.05) is 11.9 Å². The van der Waals surface area contributed by atoms with E-state index in [4.69, 9.17) is 5.11 Å². The molecule has 1 rings (SSSR count). The van der Waals surface area contributed by atoms with E-state index in [2.05, 4.69) is 15.2 Å². The summed E-state index contributed by atoms with van der Waals surface area (Å²) in [6.07, 6.45) is 0.0972. The fourth-order valence-corrected chi connectivity index (χ4v) is 2.41. The Hall–Kier alpha value is -1.47. The molecule has 112 valence electrons. The number of rotatable bonds is 6. The molecule has 1 amide bonds. The zero-order valence-corrected chi connectivity index (χ0v) is 13.1. The van der Waals surface area contributed by atoms with Gasteiger partial charge in [0, 0.05) is 30.9 Å². The van der Waals surface area contributed by atoms with Crippen molar-refractivity contribution in [3.63, 3.8) is 0 Å². The number of carboxylic acid groups (broad SMARTS) is 1. The molecule has 0 bridgehead atoms. The third-order valence-corrected chi connectivity index (χ3v) is 3.54. The Morgan fingerprint density at radius 3 is 2.60 bits per heavy atom. The van der Waals surface area contributed by atoms with Crippen LogP contribution in [0.15, 0.2) is 5.38 Å². The summed E-state index contributed by atoms with van der Waals surface area (Å²) in [5.41, 5.74) is 0.687. The Kier molecular flexibility index (Phi) is 5.64. The van der Waals surface area contributed by atoms with Crippen LogP contribution in [-0.4, -0.2) is 39.0 Å². The van der Waals surface area contributed by atoms with E-state index in [1.165, 1.54) is 18.3 Å². The molecule has 0 aliphatic carbocycles. The van der Waals surface area contributed by atoms with E-state index in [1.54, 1.807) is 0 Å². The van der Waals surface area contributed by atoms with Gasteiger partial charge in [0.05, 0.1) is 12.1 Å². The molecule has 7 heteroatoms. The molecular weight excluding hydrogens is 278 g/mol. The van der Waals surface area contributed by atoms with Crippen molar-refractivity contribution >= 4 is 28.3 Å². The first-order valence-electron chi connectivity index (χ1n) is 6.37. The molecule has 0 unspecified atom stereocenters. The van der Waals surface area contributed by atoms with Crippen LogP contribution in [0.2, 0.25) is 0 Å². The average Bonchev–Trinajstić information content (AvgIpc) is 2.68. The predicted molar refractivity (Wildman–Crippen MR) is 78.8 cm³/mol. The second-order valence-electron chi connectivity index (χ2n) is 5.56. The molecule has 1 aromatic heterocycles. The Morgan fingerprint density at radius 2 is 2.10 bits per heavy atom. The average molecular weight is 299 g/mol. The highest BCUT2D eigenvalue weighted by Crippen LogP contribution is 2.21. The normalized spacial score (nSPS) is 11.7. The van der Waals surface area contributed by atoms with Crippen molar-refractivity contribution in [1.29, 1.82) is 0 Å². The van der Waals surface area contributed by atoms with Crippen molar-refractivity contribution in [3.05, 3.63) is 11.1 Å². The number of carbonyl (C=O) groups is 2. The number of hydrogen-bond acceptors (Lipinski definition) is 5. The molecule has 0 saturated heterocycles. The van der Waals surface area contributed by atoms with Crippen LogP contribution in [0.25, 0.3) is 0 Å². The minimum absolute atomic E-state index is 0.0972. The van der Waals surface area contributed by atoms with Crippen LogP contribution in [0.1, 0.15) is 39.8 Å². The first-order chi connectivity index (χ1) is 9.18. The Bertz CT molecular complexity index is 479. The van der Waals surface area contributed by atoms with Gasteiger partial charge in [-0.2, -0.15) is 0 Å². The van der Waals surface area contributed by atoms with Crippen LogP contribution in [-0.2, 0) is 16.1 Å². The number of amides is 1. The second kappa shape index (κ2) is 6.81. The highest BCUT2D eigenvalue weighted by Gasteiger charge is 2.23. The van der Waals surface area contributed by atoms with E-state index in [1.807, 2.05) is 26.2 Å². The lowest BCUT2D eigenvalue weighted by molar-refractivity contribution is -0.137. The summed E-state index contributed by atoms with van der Waals surface area (Å²) in [6.45, 7) is 8.58. The van der Waals surface area contributed by atoms with E-state index in [0.717, 1.165) is 5.69 Å².